The highest BCUT2D eigenvalue weighted by molar-refractivity contribution is 6.28. The molecule has 3 rings (SSSR count). The van der Waals surface area contributed by atoms with Crippen LogP contribution in [0.2, 0.25) is 5.28 Å². The molecule has 0 aromatic carbocycles. The molecule has 0 radical (unpaired) electrons. The van der Waals surface area contributed by atoms with Gasteiger partial charge in [-0.2, -0.15) is 4.98 Å². The molecule has 0 aliphatic carbocycles. The lowest BCUT2D eigenvalue weighted by atomic mass is 10.4. The van der Waals surface area contributed by atoms with Crippen molar-refractivity contribution in [2.75, 3.05) is 5.32 Å². The highest BCUT2D eigenvalue weighted by Crippen LogP contribution is 2.19. The van der Waals surface area contributed by atoms with Crippen molar-refractivity contribution in [2.45, 2.75) is 13.5 Å². The Balaban J connectivity index is 1.99. The number of rotatable bonds is 3. The van der Waals surface area contributed by atoms with Gasteiger partial charge in [-0.1, -0.05) is 5.92 Å². The SMILES string of the molecule is CC#Cc1ccc2c(NCc3ccco3)nc(Cl)nn12. The molecule has 0 aliphatic rings. The lowest BCUT2D eigenvalue weighted by molar-refractivity contribution is 0.518. The van der Waals surface area contributed by atoms with Crippen molar-refractivity contribution in [3.05, 3.63) is 47.3 Å². The van der Waals surface area contributed by atoms with Gasteiger partial charge in [-0.3, -0.25) is 0 Å². The van der Waals surface area contributed by atoms with Gasteiger partial charge >= 0.3 is 0 Å². The molecule has 0 aliphatic heterocycles. The molecular weight excluding hydrogens is 276 g/mol. The molecule has 0 fully saturated rings. The van der Waals surface area contributed by atoms with Gasteiger partial charge in [-0.25, -0.2) is 4.52 Å². The molecule has 0 saturated carbocycles. The van der Waals surface area contributed by atoms with Gasteiger partial charge in [0.2, 0.25) is 5.28 Å². The molecule has 100 valence electrons. The van der Waals surface area contributed by atoms with Gasteiger partial charge in [0.15, 0.2) is 5.82 Å². The zero-order chi connectivity index (χ0) is 13.9. The van der Waals surface area contributed by atoms with E-state index in [1.54, 1.807) is 17.7 Å². The van der Waals surface area contributed by atoms with Crippen LogP contribution in [0.1, 0.15) is 18.4 Å². The van der Waals surface area contributed by atoms with E-state index in [1.807, 2.05) is 24.3 Å². The minimum Gasteiger partial charge on any atom is -0.467 e. The van der Waals surface area contributed by atoms with Crippen LogP contribution >= 0.6 is 11.6 Å². The molecule has 3 aromatic rings. The Hall–Kier alpha value is -2.45. The molecule has 3 heterocycles. The molecule has 0 atom stereocenters. The smallest absolute Gasteiger partial charge is 0.243 e. The minimum absolute atomic E-state index is 0.162. The monoisotopic (exact) mass is 286 g/mol. The van der Waals surface area contributed by atoms with Crippen LogP contribution in [0.25, 0.3) is 5.52 Å². The minimum atomic E-state index is 0.162. The largest absolute Gasteiger partial charge is 0.467 e. The van der Waals surface area contributed by atoms with Crippen molar-refractivity contribution in [1.29, 1.82) is 0 Å². The zero-order valence-electron chi connectivity index (χ0n) is 10.7. The number of aromatic nitrogens is 3. The third-order valence-electron chi connectivity index (χ3n) is 2.75. The molecule has 20 heavy (non-hydrogen) atoms. The first-order valence-corrected chi connectivity index (χ1v) is 6.40. The average molecular weight is 287 g/mol. The lowest BCUT2D eigenvalue weighted by Crippen LogP contribution is -2.06. The zero-order valence-corrected chi connectivity index (χ0v) is 11.5. The van der Waals surface area contributed by atoms with Crippen molar-refractivity contribution in [3.8, 4) is 11.8 Å². The van der Waals surface area contributed by atoms with E-state index in [-0.39, 0.29) is 5.28 Å². The van der Waals surface area contributed by atoms with Gasteiger partial charge in [0.05, 0.1) is 12.8 Å². The first-order valence-electron chi connectivity index (χ1n) is 6.02. The Bertz CT molecular complexity index is 796. The summed E-state index contributed by atoms with van der Waals surface area (Å²) in [6.45, 7) is 2.30. The van der Waals surface area contributed by atoms with Crippen molar-refractivity contribution in [2.24, 2.45) is 0 Å². The fourth-order valence-electron chi connectivity index (χ4n) is 1.91. The van der Waals surface area contributed by atoms with E-state index >= 15 is 0 Å². The molecule has 3 aromatic heterocycles. The Morgan fingerprint density at radius 2 is 2.30 bits per heavy atom. The number of hydrogen-bond acceptors (Lipinski definition) is 4. The maximum atomic E-state index is 5.96. The second-order valence-electron chi connectivity index (χ2n) is 4.05. The predicted octanol–water partition coefficient (Wildman–Crippen LogP) is 2.96. The van der Waals surface area contributed by atoms with E-state index in [9.17, 15) is 0 Å². The molecule has 0 spiro atoms. The summed E-state index contributed by atoms with van der Waals surface area (Å²) in [5.41, 5.74) is 1.59. The highest BCUT2D eigenvalue weighted by Gasteiger charge is 2.10. The molecule has 6 heteroatoms. The Kier molecular flexibility index (Phi) is 3.32. The molecule has 0 saturated heterocycles. The van der Waals surface area contributed by atoms with Gasteiger partial charge in [0.25, 0.3) is 0 Å². The van der Waals surface area contributed by atoms with Crippen molar-refractivity contribution in [1.82, 2.24) is 14.6 Å². The number of nitrogens with one attached hydrogen (secondary N) is 1. The van der Waals surface area contributed by atoms with E-state index in [4.69, 9.17) is 16.0 Å². The summed E-state index contributed by atoms with van der Waals surface area (Å²) in [4.78, 5) is 4.21. The molecule has 0 unspecified atom stereocenters. The number of fused-ring (bicyclic) bond motifs is 1. The first kappa shape index (κ1) is 12.6. The Morgan fingerprint density at radius 3 is 3.05 bits per heavy atom. The van der Waals surface area contributed by atoms with Gasteiger partial charge in [0, 0.05) is 0 Å². The van der Waals surface area contributed by atoms with Crippen molar-refractivity contribution in [3.63, 3.8) is 0 Å². The maximum absolute atomic E-state index is 5.96. The topological polar surface area (TPSA) is 55.4 Å². The number of nitrogens with zero attached hydrogens (tertiary/aromatic N) is 3. The van der Waals surface area contributed by atoms with Gasteiger partial charge in [0.1, 0.15) is 17.0 Å². The second kappa shape index (κ2) is 5.27. The van der Waals surface area contributed by atoms with Gasteiger partial charge < -0.3 is 9.73 Å². The van der Waals surface area contributed by atoms with Crippen LogP contribution < -0.4 is 5.32 Å². The van der Waals surface area contributed by atoms with E-state index in [0.29, 0.717) is 12.4 Å². The van der Waals surface area contributed by atoms with Gasteiger partial charge in [-0.05, 0) is 48.7 Å². The number of furan rings is 1. The molecular formula is C14H11ClN4O. The average Bonchev–Trinajstić information content (AvgIpc) is 3.07. The quantitative estimate of drug-likeness (QED) is 0.752. The molecule has 0 amide bonds. The summed E-state index contributed by atoms with van der Waals surface area (Å²) in [6.07, 6.45) is 1.63. The predicted molar refractivity (Wildman–Crippen MR) is 76.6 cm³/mol. The van der Waals surface area contributed by atoms with Gasteiger partial charge in [-0.15, -0.1) is 5.10 Å². The summed E-state index contributed by atoms with van der Waals surface area (Å²) in [5.74, 6) is 7.28. The highest BCUT2D eigenvalue weighted by atomic mass is 35.5. The first-order chi connectivity index (χ1) is 9.78. The molecule has 1 N–H and O–H groups in total. The number of hydrogen-bond donors (Lipinski definition) is 1. The summed E-state index contributed by atoms with van der Waals surface area (Å²) < 4.78 is 6.95. The lowest BCUT2D eigenvalue weighted by Gasteiger charge is -2.06. The number of anilines is 1. The number of halogens is 1. The van der Waals surface area contributed by atoms with Crippen LogP contribution in [0, 0.1) is 11.8 Å². The van der Waals surface area contributed by atoms with E-state index in [2.05, 4.69) is 27.2 Å². The summed E-state index contributed by atoms with van der Waals surface area (Å²) in [7, 11) is 0. The maximum Gasteiger partial charge on any atom is 0.243 e. The van der Waals surface area contributed by atoms with Crippen LogP contribution in [-0.4, -0.2) is 14.6 Å². The van der Waals surface area contributed by atoms with Crippen LogP contribution in [0.4, 0.5) is 5.82 Å². The van der Waals surface area contributed by atoms with Crippen molar-refractivity contribution >= 4 is 22.9 Å². The van der Waals surface area contributed by atoms with E-state index < -0.39 is 0 Å². The fraction of sp³-hybridized carbons (Fsp3) is 0.143. The van der Waals surface area contributed by atoms with Crippen LogP contribution in [0.5, 0.6) is 0 Å². The van der Waals surface area contributed by atoms with Crippen molar-refractivity contribution < 1.29 is 4.42 Å². The Labute approximate surface area is 120 Å². The third-order valence-corrected chi connectivity index (χ3v) is 2.91. The normalized spacial score (nSPS) is 10.3. The standard InChI is InChI=1S/C14H11ClN4O/c1-2-4-10-6-7-12-13(17-14(15)18-19(10)12)16-9-11-5-3-8-20-11/h3,5-8H,9H2,1H3,(H,16,17,18). The van der Waals surface area contributed by atoms with Crippen LogP contribution in [0.15, 0.2) is 34.9 Å². The summed E-state index contributed by atoms with van der Waals surface area (Å²) in [6, 6.07) is 7.51. The second-order valence-corrected chi connectivity index (χ2v) is 4.39. The Morgan fingerprint density at radius 1 is 1.40 bits per heavy atom. The summed E-state index contributed by atoms with van der Waals surface area (Å²) in [5, 5.41) is 7.51. The van der Waals surface area contributed by atoms with E-state index in [0.717, 1.165) is 17.0 Å². The molecule has 0 bridgehead atoms. The van der Waals surface area contributed by atoms with E-state index in [1.165, 1.54) is 0 Å². The van der Waals surface area contributed by atoms with Crippen LogP contribution in [-0.2, 0) is 6.54 Å². The summed E-state index contributed by atoms with van der Waals surface area (Å²) >= 11 is 5.96. The van der Waals surface area contributed by atoms with Crippen LogP contribution in [0.3, 0.4) is 0 Å². The molecule has 5 nitrogen and oxygen atoms in total. The third kappa shape index (κ3) is 2.33. The fourth-order valence-corrected chi connectivity index (χ4v) is 2.07.